The Morgan fingerprint density at radius 1 is 1.18 bits per heavy atom. The lowest BCUT2D eigenvalue weighted by Crippen LogP contribution is -2.46. The summed E-state index contributed by atoms with van der Waals surface area (Å²) in [6, 6.07) is 10.5. The molecule has 2 aliphatic heterocycles. The van der Waals surface area contributed by atoms with E-state index < -0.39 is 0 Å². The summed E-state index contributed by atoms with van der Waals surface area (Å²) in [5.74, 6) is 0.924. The number of ether oxygens (including phenoxy) is 1. The number of aryl methyl sites for hydroxylation is 2. The SMILES string of the molecule is Cc1noc(C)c1C(=O)N1C[C@@H]2COC[C@H](C1)N(CC=Cc1ccccc1)C2. The lowest BCUT2D eigenvalue weighted by molar-refractivity contribution is 0.0422. The van der Waals surface area contributed by atoms with Crippen molar-refractivity contribution in [3.63, 3.8) is 0 Å². The molecule has 6 nitrogen and oxygen atoms in total. The Hall–Kier alpha value is -2.44. The zero-order valence-corrected chi connectivity index (χ0v) is 16.5. The molecule has 0 radical (unpaired) electrons. The van der Waals surface area contributed by atoms with Gasteiger partial charge in [0.2, 0.25) is 0 Å². The molecule has 1 amide bonds. The van der Waals surface area contributed by atoms with Crippen LogP contribution < -0.4 is 0 Å². The summed E-state index contributed by atoms with van der Waals surface area (Å²) < 4.78 is 11.1. The zero-order valence-electron chi connectivity index (χ0n) is 16.5. The second-order valence-electron chi connectivity index (χ2n) is 7.73. The summed E-state index contributed by atoms with van der Waals surface area (Å²) in [4.78, 5) is 17.6. The smallest absolute Gasteiger partial charge is 0.259 e. The van der Waals surface area contributed by atoms with Crippen LogP contribution in [0.5, 0.6) is 0 Å². The third-order valence-electron chi connectivity index (χ3n) is 5.57. The molecule has 6 heteroatoms. The summed E-state index contributed by atoms with van der Waals surface area (Å²) >= 11 is 0. The number of nitrogens with zero attached hydrogens (tertiary/aromatic N) is 3. The highest BCUT2D eigenvalue weighted by atomic mass is 16.5. The number of amides is 1. The number of fused-ring (bicyclic) bond motifs is 3. The van der Waals surface area contributed by atoms with Gasteiger partial charge in [0.05, 0.1) is 24.9 Å². The number of carbonyl (C=O) groups excluding carboxylic acids is 1. The molecule has 0 N–H and O–H groups in total. The molecule has 0 saturated carbocycles. The van der Waals surface area contributed by atoms with Crippen molar-refractivity contribution in [2.45, 2.75) is 19.9 Å². The van der Waals surface area contributed by atoms with E-state index in [9.17, 15) is 4.79 Å². The van der Waals surface area contributed by atoms with Gasteiger partial charge < -0.3 is 14.2 Å². The summed E-state index contributed by atoms with van der Waals surface area (Å²) in [6.45, 7) is 8.14. The van der Waals surface area contributed by atoms with Gasteiger partial charge in [0, 0.05) is 32.1 Å². The van der Waals surface area contributed by atoms with Crippen molar-refractivity contribution >= 4 is 12.0 Å². The van der Waals surface area contributed by atoms with Crippen LogP contribution in [0.25, 0.3) is 6.08 Å². The number of benzene rings is 1. The van der Waals surface area contributed by atoms with Crippen LogP contribution in [0.1, 0.15) is 27.4 Å². The van der Waals surface area contributed by atoms with Gasteiger partial charge in [0.25, 0.3) is 5.91 Å². The van der Waals surface area contributed by atoms with Crippen LogP contribution in [0.3, 0.4) is 0 Å². The van der Waals surface area contributed by atoms with Gasteiger partial charge in [-0.25, -0.2) is 0 Å². The summed E-state index contributed by atoms with van der Waals surface area (Å²) in [5, 5.41) is 3.95. The minimum atomic E-state index is 0.0230. The fourth-order valence-corrected chi connectivity index (χ4v) is 4.15. The summed E-state index contributed by atoms with van der Waals surface area (Å²) in [7, 11) is 0. The molecule has 3 heterocycles. The maximum atomic E-state index is 13.1. The predicted molar refractivity (Wildman–Crippen MR) is 107 cm³/mol. The van der Waals surface area contributed by atoms with Gasteiger partial charge in [-0.1, -0.05) is 47.6 Å². The molecule has 2 aromatic rings. The molecule has 2 aliphatic rings. The predicted octanol–water partition coefficient (Wildman–Crippen LogP) is 2.78. The molecule has 148 valence electrons. The Balaban J connectivity index is 1.48. The average molecular weight is 381 g/mol. The molecule has 0 unspecified atom stereocenters. The lowest BCUT2D eigenvalue weighted by atomic mass is 10.1. The van der Waals surface area contributed by atoms with Gasteiger partial charge in [0.15, 0.2) is 0 Å². The van der Waals surface area contributed by atoms with Crippen molar-refractivity contribution < 1.29 is 14.1 Å². The van der Waals surface area contributed by atoms with Crippen LogP contribution in [0.2, 0.25) is 0 Å². The monoisotopic (exact) mass is 381 g/mol. The third kappa shape index (κ3) is 4.03. The molecule has 28 heavy (non-hydrogen) atoms. The molecule has 0 spiro atoms. The largest absolute Gasteiger partial charge is 0.379 e. The number of carbonyl (C=O) groups is 1. The summed E-state index contributed by atoms with van der Waals surface area (Å²) in [6.07, 6.45) is 4.36. The van der Waals surface area contributed by atoms with Crippen molar-refractivity contribution in [2.24, 2.45) is 5.92 Å². The van der Waals surface area contributed by atoms with Crippen molar-refractivity contribution in [2.75, 3.05) is 39.4 Å². The molecule has 2 fully saturated rings. The normalized spacial score (nSPS) is 23.1. The number of hydrogen-bond acceptors (Lipinski definition) is 5. The molecule has 0 aliphatic carbocycles. The fourth-order valence-electron chi connectivity index (χ4n) is 4.15. The van der Waals surface area contributed by atoms with Crippen molar-refractivity contribution in [3.05, 3.63) is 59.0 Å². The minimum absolute atomic E-state index is 0.0230. The third-order valence-corrected chi connectivity index (χ3v) is 5.57. The topological polar surface area (TPSA) is 58.8 Å². The molecule has 1 aromatic heterocycles. The second kappa shape index (κ2) is 8.29. The zero-order chi connectivity index (χ0) is 19.5. The van der Waals surface area contributed by atoms with Crippen molar-refractivity contribution in [1.82, 2.24) is 15.0 Å². The Morgan fingerprint density at radius 3 is 2.75 bits per heavy atom. The molecule has 2 atom stereocenters. The van der Waals surface area contributed by atoms with Crippen LogP contribution in [-0.4, -0.2) is 66.3 Å². The van der Waals surface area contributed by atoms with Gasteiger partial charge in [-0.15, -0.1) is 0 Å². The van der Waals surface area contributed by atoms with E-state index in [0.717, 1.165) is 13.1 Å². The first-order chi connectivity index (χ1) is 13.6. The molecular formula is C22H27N3O3. The molecule has 1 aromatic carbocycles. The van der Waals surface area contributed by atoms with Crippen molar-refractivity contribution in [3.8, 4) is 0 Å². The van der Waals surface area contributed by atoms with E-state index in [1.54, 1.807) is 6.92 Å². The Bertz CT molecular complexity index is 826. The molecular weight excluding hydrogens is 354 g/mol. The number of aromatic nitrogens is 1. The van der Waals surface area contributed by atoms with E-state index >= 15 is 0 Å². The van der Waals surface area contributed by atoms with Gasteiger partial charge in [-0.2, -0.15) is 0 Å². The van der Waals surface area contributed by atoms with E-state index in [1.165, 1.54) is 5.56 Å². The van der Waals surface area contributed by atoms with Gasteiger partial charge in [0.1, 0.15) is 11.3 Å². The second-order valence-corrected chi connectivity index (χ2v) is 7.73. The van der Waals surface area contributed by atoms with Crippen LogP contribution in [0.4, 0.5) is 0 Å². The number of rotatable bonds is 4. The Morgan fingerprint density at radius 2 is 2.00 bits per heavy atom. The summed E-state index contributed by atoms with van der Waals surface area (Å²) in [5.41, 5.74) is 2.47. The Kier molecular flexibility index (Phi) is 5.59. The van der Waals surface area contributed by atoms with E-state index in [2.05, 4.69) is 34.3 Å². The number of hydrogen-bond donors (Lipinski definition) is 0. The van der Waals surface area contributed by atoms with Crippen LogP contribution >= 0.6 is 0 Å². The van der Waals surface area contributed by atoms with Crippen molar-refractivity contribution in [1.29, 1.82) is 0 Å². The fraction of sp³-hybridized carbons (Fsp3) is 0.455. The standard InChI is InChI=1S/C22H27N3O3/c1-16-21(17(2)28-23-16)22(26)25-12-19-11-24(20(13-25)15-27-14-19)10-6-9-18-7-4-3-5-8-18/h3-9,19-20H,10-15H2,1-2H3/t19-,20+/m1/s1. The first-order valence-corrected chi connectivity index (χ1v) is 9.87. The van der Waals surface area contributed by atoms with E-state index in [-0.39, 0.29) is 11.9 Å². The maximum Gasteiger partial charge on any atom is 0.259 e. The van der Waals surface area contributed by atoms with E-state index in [0.29, 0.717) is 49.2 Å². The van der Waals surface area contributed by atoms with Gasteiger partial charge in [-0.3, -0.25) is 9.69 Å². The molecule has 2 bridgehead atoms. The van der Waals surface area contributed by atoms with Crippen LogP contribution in [-0.2, 0) is 4.74 Å². The van der Waals surface area contributed by atoms with E-state index in [4.69, 9.17) is 9.26 Å². The Labute approximate surface area is 165 Å². The van der Waals surface area contributed by atoms with E-state index in [1.807, 2.05) is 30.0 Å². The van der Waals surface area contributed by atoms with Crippen LogP contribution in [0.15, 0.2) is 40.9 Å². The maximum absolute atomic E-state index is 13.1. The first kappa shape index (κ1) is 18.9. The molecule has 4 rings (SSSR count). The van der Waals surface area contributed by atoms with Crippen LogP contribution in [0, 0.1) is 19.8 Å². The quantitative estimate of drug-likeness (QED) is 0.815. The minimum Gasteiger partial charge on any atom is -0.379 e. The molecule has 2 saturated heterocycles. The first-order valence-electron chi connectivity index (χ1n) is 9.87. The highest BCUT2D eigenvalue weighted by molar-refractivity contribution is 5.96. The lowest BCUT2D eigenvalue weighted by Gasteiger charge is -2.30. The highest BCUT2D eigenvalue weighted by Crippen LogP contribution is 2.23. The van der Waals surface area contributed by atoms with Gasteiger partial charge in [-0.05, 0) is 19.4 Å². The average Bonchev–Trinajstić information content (AvgIpc) is 2.84. The highest BCUT2D eigenvalue weighted by Gasteiger charge is 2.36. The van der Waals surface area contributed by atoms with Gasteiger partial charge >= 0.3 is 0 Å².